The molecule has 1 aromatic carbocycles. The van der Waals surface area contributed by atoms with Gasteiger partial charge < -0.3 is 0 Å². The lowest BCUT2D eigenvalue weighted by atomic mass is 9.82. The molecule has 0 unspecified atom stereocenters. The van der Waals surface area contributed by atoms with Crippen LogP contribution in [0.2, 0.25) is 0 Å². The quantitative estimate of drug-likeness (QED) is 0.604. The van der Waals surface area contributed by atoms with Crippen molar-refractivity contribution in [2.75, 3.05) is 0 Å². The van der Waals surface area contributed by atoms with E-state index in [9.17, 15) is 0 Å². The number of hydrogen-bond acceptors (Lipinski definition) is 2. The number of nitrogens with zero attached hydrogens (tertiary/aromatic N) is 1. The molecular formula is C11H13NS. The fraction of sp³-hybridized carbons (Fsp3) is 0.364. The Morgan fingerprint density at radius 1 is 1.31 bits per heavy atom. The number of aliphatic imine (C=N–C) groups is 1. The summed E-state index contributed by atoms with van der Waals surface area (Å²) < 4.78 is 0. The second-order valence-corrected chi connectivity index (χ2v) is 4.54. The smallest absolute Gasteiger partial charge is 0.0671 e. The van der Waals surface area contributed by atoms with Crippen molar-refractivity contribution in [2.24, 2.45) is 4.99 Å². The lowest BCUT2D eigenvalue weighted by Gasteiger charge is -2.19. The summed E-state index contributed by atoms with van der Waals surface area (Å²) in [5.74, 6) is 0. The Morgan fingerprint density at radius 2 is 2.00 bits per heavy atom. The molecule has 1 nitrogen and oxygen atoms in total. The van der Waals surface area contributed by atoms with Crippen LogP contribution in [0, 0.1) is 0 Å². The Labute approximate surface area is 84.3 Å². The second-order valence-electron chi connectivity index (χ2n) is 4.02. The molecule has 13 heavy (non-hydrogen) atoms. The summed E-state index contributed by atoms with van der Waals surface area (Å²) in [6.07, 6.45) is 0. The molecule has 0 saturated heterocycles. The highest BCUT2D eigenvalue weighted by Crippen LogP contribution is 2.40. The molecule has 1 aliphatic rings. The summed E-state index contributed by atoms with van der Waals surface area (Å²) in [5, 5.41) is 0. The predicted molar refractivity (Wildman–Crippen MR) is 59.5 cm³/mol. The van der Waals surface area contributed by atoms with Crippen molar-refractivity contribution in [3.05, 3.63) is 23.8 Å². The van der Waals surface area contributed by atoms with Crippen LogP contribution in [0.5, 0.6) is 0 Å². The summed E-state index contributed by atoms with van der Waals surface area (Å²) in [5.41, 5.74) is 3.65. The molecule has 0 aliphatic carbocycles. The maximum atomic E-state index is 4.53. The van der Waals surface area contributed by atoms with Gasteiger partial charge in [-0.15, -0.1) is 12.6 Å². The van der Waals surface area contributed by atoms with Crippen molar-refractivity contribution in [3.8, 4) is 0 Å². The van der Waals surface area contributed by atoms with Crippen LogP contribution in [-0.4, -0.2) is 5.71 Å². The molecule has 2 rings (SSSR count). The van der Waals surface area contributed by atoms with E-state index < -0.39 is 0 Å². The highest BCUT2D eigenvalue weighted by molar-refractivity contribution is 7.80. The van der Waals surface area contributed by atoms with Gasteiger partial charge in [-0.2, -0.15) is 0 Å². The van der Waals surface area contributed by atoms with Gasteiger partial charge in [0.25, 0.3) is 0 Å². The summed E-state index contributed by atoms with van der Waals surface area (Å²) in [7, 11) is 0. The van der Waals surface area contributed by atoms with E-state index in [1.165, 1.54) is 11.3 Å². The zero-order chi connectivity index (χ0) is 9.64. The van der Waals surface area contributed by atoms with Gasteiger partial charge in [0.05, 0.1) is 5.69 Å². The second kappa shape index (κ2) is 2.61. The number of fused-ring (bicyclic) bond motifs is 1. The highest BCUT2D eigenvalue weighted by atomic mass is 32.1. The van der Waals surface area contributed by atoms with Gasteiger partial charge in [-0.3, -0.25) is 4.99 Å². The van der Waals surface area contributed by atoms with E-state index in [1.807, 2.05) is 12.1 Å². The molecule has 1 aliphatic heterocycles. The average molecular weight is 191 g/mol. The number of hydrogen-bond donors (Lipinski definition) is 1. The van der Waals surface area contributed by atoms with Gasteiger partial charge in [-0.1, -0.05) is 13.8 Å². The number of benzene rings is 1. The first-order valence-corrected chi connectivity index (χ1v) is 4.86. The minimum Gasteiger partial charge on any atom is -0.257 e. The molecule has 0 atom stereocenters. The molecule has 0 fully saturated rings. The lowest BCUT2D eigenvalue weighted by molar-refractivity contribution is 0.731. The third-order valence-corrected chi connectivity index (χ3v) is 3.12. The molecule has 0 spiro atoms. The first-order chi connectivity index (χ1) is 6.01. The monoisotopic (exact) mass is 191 g/mol. The minimum atomic E-state index is 0.0775. The minimum absolute atomic E-state index is 0.0775. The number of rotatable bonds is 0. The molecule has 68 valence electrons. The average Bonchev–Trinajstić information content (AvgIpc) is 2.27. The Kier molecular flexibility index (Phi) is 1.77. The Balaban J connectivity index is 2.65. The van der Waals surface area contributed by atoms with Crippen molar-refractivity contribution < 1.29 is 0 Å². The van der Waals surface area contributed by atoms with Gasteiger partial charge in [0, 0.05) is 16.0 Å². The van der Waals surface area contributed by atoms with Crippen LogP contribution in [0.25, 0.3) is 0 Å². The van der Waals surface area contributed by atoms with E-state index >= 15 is 0 Å². The largest absolute Gasteiger partial charge is 0.257 e. The normalized spacial score (nSPS) is 18.3. The Morgan fingerprint density at radius 3 is 2.69 bits per heavy atom. The standard InChI is InChI=1S/C11H13NS/c1-7-11(2,3)9-6-8(13)4-5-10(9)12-7/h4-6,13H,1-3H3. The third-order valence-electron chi connectivity index (χ3n) is 2.85. The Hall–Kier alpha value is -0.760. The van der Waals surface area contributed by atoms with Gasteiger partial charge in [0.1, 0.15) is 0 Å². The van der Waals surface area contributed by atoms with Crippen molar-refractivity contribution in [1.82, 2.24) is 0 Å². The predicted octanol–water partition coefficient (Wildman–Crippen LogP) is 3.36. The van der Waals surface area contributed by atoms with Gasteiger partial charge in [-0.05, 0) is 30.7 Å². The molecule has 0 aromatic heterocycles. The van der Waals surface area contributed by atoms with E-state index in [0.717, 1.165) is 10.6 Å². The number of thiol groups is 1. The van der Waals surface area contributed by atoms with Crippen LogP contribution in [-0.2, 0) is 5.41 Å². The molecule has 0 bridgehead atoms. The fourth-order valence-electron chi connectivity index (χ4n) is 1.64. The van der Waals surface area contributed by atoms with Crippen molar-refractivity contribution >= 4 is 24.0 Å². The molecule has 0 saturated carbocycles. The van der Waals surface area contributed by atoms with Gasteiger partial charge in [0.2, 0.25) is 0 Å². The van der Waals surface area contributed by atoms with Crippen LogP contribution >= 0.6 is 12.6 Å². The Bertz CT molecular complexity index is 391. The first-order valence-electron chi connectivity index (χ1n) is 4.41. The maximum Gasteiger partial charge on any atom is 0.0671 e. The molecule has 0 radical (unpaired) electrons. The topological polar surface area (TPSA) is 12.4 Å². The SMILES string of the molecule is CC1=Nc2ccc(S)cc2C1(C)C. The van der Waals surface area contributed by atoms with Crippen molar-refractivity contribution in [3.63, 3.8) is 0 Å². The fourth-order valence-corrected chi connectivity index (χ4v) is 1.84. The summed E-state index contributed by atoms with van der Waals surface area (Å²) >= 11 is 4.34. The maximum absolute atomic E-state index is 4.53. The molecule has 2 heteroatoms. The summed E-state index contributed by atoms with van der Waals surface area (Å²) in [6.45, 7) is 6.48. The molecule has 0 N–H and O–H groups in total. The van der Waals surface area contributed by atoms with Gasteiger partial charge in [0.15, 0.2) is 0 Å². The van der Waals surface area contributed by atoms with Gasteiger partial charge >= 0.3 is 0 Å². The molecule has 1 aromatic rings. The van der Waals surface area contributed by atoms with Crippen LogP contribution in [0.4, 0.5) is 5.69 Å². The lowest BCUT2D eigenvalue weighted by Crippen LogP contribution is -2.22. The first kappa shape index (κ1) is 8.82. The van der Waals surface area contributed by atoms with E-state index in [2.05, 4.69) is 44.5 Å². The van der Waals surface area contributed by atoms with Crippen LogP contribution < -0.4 is 0 Å². The zero-order valence-electron chi connectivity index (χ0n) is 8.13. The highest BCUT2D eigenvalue weighted by Gasteiger charge is 2.31. The molecular weight excluding hydrogens is 178 g/mol. The van der Waals surface area contributed by atoms with E-state index in [4.69, 9.17) is 0 Å². The summed E-state index contributed by atoms with van der Waals surface area (Å²) in [6, 6.07) is 6.13. The molecule has 1 heterocycles. The van der Waals surface area contributed by atoms with E-state index in [0.29, 0.717) is 0 Å². The van der Waals surface area contributed by atoms with Gasteiger partial charge in [-0.25, -0.2) is 0 Å². The molecule has 0 amide bonds. The van der Waals surface area contributed by atoms with Crippen LogP contribution in [0.3, 0.4) is 0 Å². The van der Waals surface area contributed by atoms with Crippen molar-refractivity contribution in [2.45, 2.75) is 31.1 Å². The van der Waals surface area contributed by atoms with E-state index in [1.54, 1.807) is 0 Å². The summed E-state index contributed by atoms with van der Waals surface area (Å²) in [4.78, 5) is 5.54. The zero-order valence-corrected chi connectivity index (χ0v) is 9.02. The van der Waals surface area contributed by atoms with Crippen LogP contribution in [0.1, 0.15) is 26.3 Å². The van der Waals surface area contributed by atoms with Crippen LogP contribution in [0.15, 0.2) is 28.1 Å². The van der Waals surface area contributed by atoms with E-state index in [-0.39, 0.29) is 5.41 Å². The van der Waals surface area contributed by atoms with Crippen molar-refractivity contribution in [1.29, 1.82) is 0 Å². The third kappa shape index (κ3) is 1.20.